The Hall–Kier alpha value is -1.62. The Morgan fingerprint density at radius 3 is 2.95 bits per heavy atom. The maximum Gasteiger partial charge on any atom is 0.254 e. The smallest absolute Gasteiger partial charge is 0.254 e. The molecule has 5 heteroatoms. The van der Waals surface area contributed by atoms with Crippen molar-refractivity contribution in [2.24, 2.45) is 5.92 Å². The van der Waals surface area contributed by atoms with Gasteiger partial charge in [-0.2, -0.15) is 0 Å². The summed E-state index contributed by atoms with van der Waals surface area (Å²) < 4.78 is 5.13. The number of pyridine rings is 1. The van der Waals surface area contributed by atoms with E-state index in [1.807, 2.05) is 4.90 Å². The van der Waals surface area contributed by atoms with Crippen LogP contribution in [0, 0.1) is 5.92 Å². The Labute approximate surface area is 120 Å². The number of nitrogens with one attached hydrogen (secondary N) is 1. The number of rotatable bonds is 7. The molecule has 20 heavy (non-hydrogen) atoms. The van der Waals surface area contributed by atoms with Crippen molar-refractivity contribution in [3.05, 3.63) is 23.9 Å². The van der Waals surface area contributed by atoms with Gasteiger partial charge in [0.05, 0.1) is 6.61 Å². The minimum absolute atomic E-state index is 0.0559. The highest BCUT2D eigenvalue weighted by Gasteiger charge is 2.34. The summed E-state index contributed by atoms with van der Waals surface area (Å²) in [5.41, 5.74) is 0.674. The fraction of sp³-hybridized carbons (Fsp3) is 0.600. The fourth-order valence-corrected chi connectivity index (χ4v) is 2.38. The maximum atomic E-state index is 12.7. The Morgan fingerprint density at radius 2 is 2.35 bits per heavy atom. The quantitative estimate of drug-likeness (QED) is 0.828. The van der Waals surface area contributed by atoms with Crippen molar-refractivity contribution in [3.63, 3.8) is 0 Å². The van der Waals surface area contributed by atoms with Crippen LogP contribution in [0.15, 0.2) is 18.3 Å². The third-order valence-corrected chi connectivity index (χ3v) is 3.86. The summed E-state index contributed by atoms with van der Waals surface area (Å²) in [5, 5.41) is 2.96. The van der Waals surface area contributed by atoms with Crippen LogP contribution in [0.3, 0.4) is 0 Å². The lowest BCUT2D eigenvalue weighted by Crippen LogP contribution is -2.42. The monoisotopic (exact) mass is 277 g/mol. The van der Waals surface area contributed by atoms with E-state index in [9.17, 15) is 4.79 Å². The summed E-state index contributed by atoms with van der Waals surface area (Å²) >= 11 is 0. The van der Waals surface area contributed by atoms with Crippen molar-refractivity contribution in [2.45, 2.75) is 25.8 Å². The predicted molar refractivity (Wildman–Crippen MR) is 78.9 cm³/mol. The Bertz CT molecular complexity index is 460. The number of nitrogens with zero attached hydrogens (tertiary/aromatic N) is 2. The zero-order valence-corrected chi connectivity index (χ0v) is 12.4. The molecule has 1 fully saturated rings. The molecule has 0 aromatic carbocycles. The van der Waals surface area contributed by atoms with Gasteiger partial charge in [-0.15, -0.1) is 0 Å². The average Bonchev–Trinajstić information content (AvgIpc) is 3.32. The molecule has 2 rings (SSSR count). The molecule has 1 atom stereocenters. The Morgan fingerprint density at radius 1 is 1.60 bits per heavy atom. The SMILES string of the molecule is CNc1cc(C(=O)N(CCOC)C(C)C2CC2)ccn1. The van der Waals surface area contributed by atoms with Crippen LogP contribution in [0.5, 0.6) is 0 Å². The van der Waals surface area contributed by atoms with Gasteiger partial charge >= 0.3 is 0 Å². The molecule has 110 valence electrons. The van der Waals surface area contributed by atoms with Gasteiger partial charge < -0.3 is 15.0 Å². The molecule has 0 saturated heterocycles. The predicted octanol–water partition coefficient (Wildman–Crippen LogP) is 2.01. The number of anilines is 1. The molecule has 0 spiro atoms. The van der Waals surface area contributed by atoms with Gasteiger partial charge in [0.25, 0.3) is 5.91 Å². The van der Waals surface area contributed by atoms with Gasteiger partial charge in [-0.25, -0.2) is 4.98 Å². The van der Waals surface area contributed by atoms with Gasteiger partial charge in [-0.05, 0) is 37.8 Å². The molecule has 1 aliphatic rings. The number of methoxy groups -OCH3 is 1. The molecule has 0 radical (unpaired) electrons. The van der Waals surface area contributed by atoms with Gasteiger partial charge in [0, 0.05) is 38.5 Å². The first-order valence-corrected chi connectivity index (χ1v) is 7.11. The first kappa shape index (κ1) is 14.8. The first-order chi connectivity index (χ1) is 9.67. The Balaban J connectivity index is 2.15. The molecule has 0 aliphatic heterocycles. The zero-order chi connectivity index (χ0) is 14.5. The van der Waals surface area contributed by atoms with Gasteiger partial charge in [0.2, 0.25) is 0 Å². The van der Waals surface area contributed by atoms with Gasteiger partial charge in [0.1, 0.15) is 5.82 Å². The molecule has 1 heterocycles. The van der Waals surface area contributed by atoms with E-state index in [4.69, 9.17) is 4.74 Å². The molecular formula is C15H23N3O2. The third kappa shape index (κ3) is 3.48. The normalized spacial score (nSPS) is 15.8. The molecule has 1 aromatic heterocycles. The van der Waals surface area contributed by atoms with Crippen molar-refractivity contribution in [2.75, 3.05) is 32.6 Å². The van der Waals surface area contributed by atoms with Crippen molar-refractivity contribution in [3.8, 4) is 0 Å². The van der Waals surface area contributed by atoms with Crippen LogP contribution in [0.25, 0.3) is 0 Å². The Kier molecular flexibility index (Phi) is 4.95. The summed E-state index contributed by atoms with van der Waals surface area (Å²) in [4.78, 5) is 18.8. The zero-order valence-electron chi connectivity index (χ0n) is 12.4. The standard InChI is InChI=1S/C15H23N3O2/c1-11(12-4-5-12)18(8-9-20-3)15(19)13-6-7-17-14(10-13)16-2/h6-7,10-12H,4-5,8-9H2,1-3H3,(H,16,17). The van der Waals surface area contributed by atoms with E-state index in [2.05, 4.69) is 17.2 Å². The number of carbonyl (C=O) groups excluding carboxylic acids is 1. The van der Waals surface area contributed by atoms with E-state index in [0.717, 1.165) is 0 Å². The highest BCUT2D eigenvalue weighted by Crippen LogP contribution is 2.35. The number of amides is 1. The number of carbonyl (C=O) groups is 1. The average molecular weight is 277 g/mol. The van der Waals surface area contributed by atoms with Gasteiger partial charge in [-0.1, -0.05) is 0 Å². The summed E-state index contributed by atoms with van der Waals surface area (Å²) in [7, 11) is 3.46. The second-order valence-corrected chi connectivity index (χ2v) is 5.25. The second kappa shape index (κ2) is 6.70. The molecule has 0 bridgehead atoms. The summed E-state index contributed by atoms with van der Waals surface area (Å²) in [5.74, 6) is 1.41. The van der Waals surface area contributed by atoms with Crippen molar-refractivity contribution in [1.82, 2.24) is 9.88 Å². The van der Waals surface area contributed by atoms with Crippen molar-refractivity contribution < 1.29 is 9.53 Å². The number of hydrogen-bond donors (Lipinski definition) is 1. The topological polar surface area (TPSA) is 54.5 Å². The van der Waals surface area contributed by atoms with Crippen LogP contribution in [0.4, 0.5) is 5.82 Å². The maximum absolute atomic E-state index is 12.7. The highest BCUT2D eigenvalue weighted by molar-refractivity contribution is 5.95. The molecule has 1 aliphatic carbocycles. The minimum Gasteiger partial charge on any atom is -0.383 e. The van der Waals surface area contributed by atoms with Gasteiger partial charge in [-0.3, -0.25) is 4.79 Å². The van der Waals surface area contributed by atoms with Crippen LogP contribution < -0.4 is 5.32 Å². The molecule has 1 amide bonds. The first-order valence-electron chi connectivity index (χ1n) is 7.11. The van der Waals surface area contributed by atoms with E-state index >= 15 is 0 Å². The molecule has 5 nitrogen and oxygen atoms in total. The van der Waals surface area contributed by atoms with E-state index in [-0.39, 0.29) is 11.9 Å². The summed E-state index contributed by atoms with van der Waals surface area (Å²) in [6.07, 6.45) is 4.10. The lowest BCUT2D eigenvalue weighted by Gasteiger charge is -2.29. The second-order valence-electron chi connectivity index (χ2n) is 5.25. The lowest BCUT2D eigenvalue weighted by atomic mass is 10.1. The molecule has 1 aromatic rings. The summed E-state index contributed by atoms with van der Waals surface area (Å²) in [6.45, 7) is 3.32. The van der Waals surface area contributed by atoms with E-state index < -0.39 is 0 Å². The minimum atomic E-state index is 0.0559. The van der Waals surface area contributed by atoms with E-state index in [1.165, 1.54) is 12.8 Å². The van der Waals surface area contributed by atoms with Crippen LogP contribution in [0.2, 0.25) is 0 Å². The van der Waals surface area contributed by atoms with Crippen LogP contribution in [-0.2, 0) is 4.74 Å². The lowest BCUT2D eigenvalue weighted by molar-refractivity contribution is 0.0594. The third-order valence-electron chi connectivity index (χ3n) is 3.86. The van der Waals surface area contributed by atoms with E-state index in [1.54, 1.807) is 32.5 Å². The largest absolute Gasteiger partial charge is 0.383 e. The molecule has 1 unspecified atom stereocenters. The van der Waals surface area contributed by atoms with Gasteiger partial charge in [0.15, 0.2) is 0 Å². The molecular weight excluding hydrogens is 254 g/mol. The molecule has 1 N–H and O–H groups in total. The fourth-order valence-electron chi connectivity index (χ4n) is 2.38. The van der Waals surface area contributed by atoms with Crippen molar-refractivity contribution in [1.29, 1.82) is 0 Å². The molecule has 1 saturated carbocycles. The summed E-state index contributed by atoms with van der Waals surface area (Å²) in [6, 6.07) is 3.83. The van der Waals surface area contributed by atoms with Crippen LogP contribution >= 0.6 is 0 Å². The highest BCUT2D eigenvalue weighted by atomic mass is 16.5. The van der Waals surface area contributed by atoms with Crippen molar-refractivity contribution >= 4 is 11.7 Å². The van der Waals surface area contributed by atoms with Crippen LogP contribution in [0.1, 0.15) is 30.1 Å². The van der Waals surface area contributed by atoms with E-state index in [0.29, 0.717) is 30.5 Å². The number of aromatic nitrogens is 1. The number of ether oxygens (including phenoxy) is 1. The number of hydrogen-bond acceptors (Lipinski definition) is 4. The van der Waals surface area contributed by atoms with Crippen LogP contribution in [-0.4, -0.2) is 49.1 Å².